The lowest BCUT2D eigenvalue weighted by Crippen LogP contribution is -2.08. The van der Waals surface area contributed by atoms with Crippen LogP contribution in [0.1, 0.15) is 17.0 Å². The molecule has 0 saturated heterocycles. The van der Waals surface area contributed by atoms with Gasteiger partial charge in [-0.15, -0.1) is 10.2 Å². The number of pyridine rings is 1. The average Bonchev–Trinajstić information content (AvgIpc) is 2.72. The van der Waals surface area contributed by atoms with Crippen LogP contribution in [-0.4, -0.2) is 19.7 Å². The number of rotatable bonds is 3. The highest BCUT2D eigenvalue weighted by atomic mass is 15.3. The van der Waals surface area contributed by atoms with E-state index in [-0.39, 0.29) is 0 Å². The van der Waals surface area contributed by atoms with Crippen molar-refractivity contribution in [2.75, 3.05) is 5.32 Å². The minimum Gasteiger partial charge on any atom is -0.362 e. The second-order valence-corrected chi connectivity index (χ2v) is 3.67. The van der Waals surface area contributed by atoms with Crippen LogP contribution < -0.4 is 5.32 Å². The number of nitrogens with zero attached hydrogens (tertiary/aromatic N) is 5. The Morgan fingerprint density at radius 3 is 3.00 bits per heavy atom. The fourth-order valence-corrected chi connectivity index (χ4v) is 1.46. The van der Waals surface area contributed by atoms with E-state index in [1.54, 1.807) is 12.5 Å². The van der Waals surface area contributed by atoms with Gasteiger partial charge in [0.15, 0.2) is 5.82 Å². The lowest BCUT2D eigenvalue weighted by atomic mass is 10.1. The monoisotopic (exact) mass is 228 g/mol. The smallest absolute Gasteiger partial charge is 0.151 e. The molecule has 0 spiro atoms. The quantitative estimate of drug-likeness (QED) is 0.847. The van der Waals surface area contributed by atoms with Gasteiger partial charge in [0, 0.05) is 13.2 Å². The topological polar surface area (TPSA) is 79.4 Å². The molecule has 2 heterocycles. The van der Waals surface area contributed by atoms with Crippen molar-refractivity contribution in [3.05, 3.63) is 35.5 Å². The summed E-state index contributed by atoms with van der Waals surface area (Å²) in [5.41, 5.74) is 1.47. The number of aryl methyl sites for hydroxylation is 2. The molecule has 0 aromatic carbocycles. The molecule has 2 aromatic heterocycles. The van der Waals surface area contributed by atoms with E-state index in [0.717, 1.165) is 11.4 Å². The molecule has 0 aliphatic rings. The van der Waals surface area contributed by atoms with Crippen molar-refractivity contribution < 1.29 is 0 Å². The first-order valence-electron chi connectivity index (χ1n) is 5.15. The van der Waals surface area contributed by atoms with E-state index in [4.69, 9.17) is 5.26 Å². The molecular weight excluding hydrogens is 216 g/mol. The summed E-state index contributed by atoms with van der Waals surface area (Å²) < 4.78 is 1.81. The van der Waals surface area contributed by atoms with Crippen LogP contribution >= 0.6 is 0 Å². The third-order valence-corrected chi connectivity index (χ3v) is 2.49. The van der Waals surface area contributed by atoms with E-state index in [1.807, 2.05) is 24.6 Å². The van der Waals surface area contributed by atoms with Crippen LogP contribution in [0.2, 0.25) is 0 Å². The minimum atomic E-state index is 0.488. The minimum absolute atomic E-state index is 0.488. The predicted molar refractivity (Wildman–Crippen MR) is 62.0 cm³/mol. The molecule has 0 aliphatic carbocycles. The van der Waals surface area contributed by atoms with Gasteiger partial charge < -0.3 is 9.88 Å². The van der Waals surface area contributed by atoms with Crippen LogP contribution in [0, 0.1) is 18.3 Å². The fourth-order valence-electron chi connectivity index (χ4n) is 1.46. The van der Waals surface area contributed by atoms with Crippen molar-refractivity contribution >= 4 is 5.82 Å². The van der Waals surface area contributed by atoms with Crippen molar-refractivity contribution in [1.82, 2.24) is 19.7 Å². The van der Waals surface area contributed by atoms with Gasteiger partial charge >= 0.3 is 0 Å². The molecule has 6 heteroatoms. The van der Waals surface area contributed by atoms with E-state index in [1.165, 1.54) is 0 Å². The van der Waals surface area contributed by atoms with Crippen LogP contribution in [0.5, 0.6) is 0 Å². The maximum atomic E-state index is 9.05. The predicted octanol–water partition coefficient (Wildman–Crippen LogP) is 1.00. The Kier molecular flexibility index (Phi) is 3.01. The van der Waals surface area contributed by atoms with E-state index >= 15 is 0 Å². The normalized spacial score (nSPS) is 9.94. The summed E-state index contributed by atoms with van der Waals surface area (Å²) in [5.74, 6) is 1.37. The van der Waals surface area contributed by atoms with E-state index in [9.17, 15) is 0 Å². The molecule has 0 saturated carbocycles. The molecule has 0 aliphatic heterocycles. The summed E-state index contributed by atoms with van der Waals surface area (Å²) in [6, 6.07) is 3.95. The van der Waals surface area contributed by atoms with Crippen LogP contribution in [0.4, 0.5) is 5.82 Å². The number of nitrogens with one attached hydrogen (secondary N) is 1. The zero-order valence-electron chi connectivity index (χ0n) is 9.68. The fraction of sp³-hybridized carbons (Fsp3) is 0.273. The number of hydrogen-bond acceptors (Lipinski definition) is 5. The number of aromatic nitrogens is 4. The summed E-state index contributed by atoms with van der Waals surface area (Å²) in [6.07, 6.45) is 3.31. The first-order valence-corrected chi connectivity index (χ1v) is 5.15. The number of hydrogen-bond donors (Lipinski definition) is 1. The van der Waals surface area contributed by atoms with Gasteiger partial charge in [0.25, 0.3) is 0 Å². The summed E-state index contributed by atoms with van der Waals surface area (Å²) in [4.78, 5) is 4.15. The van der Waals surface area contributed by atoms with Gasteiger partial charge in [-0.1, -0.05) is 0 Å². The second kappa shape index (κ2) is 4.61. The first-order chi connectivity index (χ1) is 8.22. The second-order valence-electron chi connectivity index (χ2n) is 3.67. The molecule has 0 amide bonds. The molecule has 0 radical (unpaired) electrons. The van der Waals surface area contributed by atoms with E-state index in [2.05, 4.69) is 26.6 Å². The van der Waals surface area contributed by atoms with Crippen LogP contribution in [0.25, 0.3) is 0 Å². The zero-order valence-corrected chi connectivity index (χ0v) is 9.68. The highest BCUT2D eigenvalue weighted by Crippen LogP contribution is 2.15. The molecule has 1 N–H and O–H groups in total. The Morgan fingerprint density at radius 2 is 2.35 bits per heavy atom. The highest BCUT2D eigenvalue weighted by Gasteiger charge is 2.07. The van der Waals surface area contributed by atoms with Gasteiger partial charge in [-0.3, -0.25) is 0 Å². The van der Waals surface area contributed by atoms with Gasteiger partial charge in [-0.05, 0) is 18.6 Å². The summed E-state index contributed by atoms with van der Waals surface area (Å²) in [5, 5.41) is 19.9. The van der Waals surface area contributed by atoms with Crippen LogP contribution in [-0.2, 0) is 13.6 Å². The molecule has 0 bridgehead atoms. The maximum absolute atomic E-state index is 9.05. The average molecular weight is 228 g/mol. The maximum Gasteiger partial charge on any atom is 0.151 e. The van der Waals surface area contributed by atoms with Crippen molar-refractivity contribution in [2.45, 2.75) is 13.5 Å². The lowest BCUT2D eigenvalue weighted by molar-refractivity contribution is 0.810. The van der Waals surface area contributed by atoms with Gasteiger partial charge in [0.1, 0.15) is 18.2 Å². The van der Waals surface area contributed by atoms with E-state index < -0.39 is 0 Å². The highest BCUT2D eigenvalue weighted by molar-refractivity contribution is 5.55. The number of anilines is 1. The molecule has 0 fully saturated rings. The molecular formula is C11H12N6. The molecule has 2 rings (SSSR count). The summed E-state index contributed by atoms with van der Waals surface area (Å²) in [7, 11) is 1.87. The molecule has 17 heavy (non-hydrogen) atoms. The molecule has 6 nitrogen and oxygen atoms in total. The Morgan fingerprint density at radius 1 is 1.53 bits per heavy atom. The Balaban J connectivity index is 2.18. The SMILES string of the molecule is Cc1ccnc(NCc2nncn2C)c1C#N. The third-order valence-electron chi connectivity index (χ3n) is 2.49. The van der Waals surface area contributed by atoms with Crippen LogP contribution in [0.3, 0.4) is 0 Å². The third kappa shape index (κ3) is 2.23. The summed E-state index contributed by atoms with van der Waals surface area (Å²) >= 11 is 0. The number of nitriles is 1. The van der Waals surface area contributed by atoms with E-state index in [0.29, 0.717) is 17.9 Å². The van der Waals surface area contributed by atoms with Crippen molar-refractivity contribution in [3.8, 4) is 6.07 Å². The van der Waals surface area contributed by atoms with Gasteiger partial charge in [0.2, 0.25) is 0 Å². The molecule has 0 atom stereocenters. The molecule has 2 aromatic rings. The molecule has 86 valence electrons. The Hall–Kier alpha value is -2.42. The first kappa shape index (κ1) is 11.1. The van der Waals surface area contributed by atoms with Crippen molar-refractivity contribution in [2.24, 2.45) is 7.05 Å². The van der Waals surface area contributed by atoms with Gasteiger partial charge in [0.05, 0.1) is 12.1 Å². The lowest BCUT2D eigenvalue weighted by Gasteiger charge is -2.07. The van der Waals surface area contributed by atoms with Crippen molar-refractivity contribution in [1.29, 1.82) is 5.26 Å². The van der Waals surface area contributed by atoms with Gasteiger partial charge in [-0.25, -0.2) is 4.98 Å². The van der Waals surface area contributed by atoms with Crippen molar-refractivity contribution in [3.63, 3.8) is 0 Å². The Bertz CT molecular complexity index is 566. The standard InChI is InChI=1S/C11H12N6/c1-8-3-4-13-11(9(8)5-12)14-6-10-16-15-7-17(10)2/h3-4,7H,6H2,1-2H3,(H,13,14). The largest absolute Gasteiger partial charge is 0.362 e. The van der Waals surface area contributed by atoms with Crippen LogP contribution in [0.15, 0.2) is 18.6 Å². The zero-order chi connectivity index (χ0) is 12.3. The Labute approximate surface area is 98.9 Å². The van der Waals surface area contributed by atoms with Gasteiger partial charge in [-0.2, -0.15) is 5.26 Å². The summed E-state index contributed by atoms with van der Waals surface area (Å²) in [6.45, 7) is 2.37. The molecule has 0 unspecified atom stereocenters.